The van der Waals surface area contributed by atoms with Crippen LogP contribution >= 0.6 is 11.6 Å². The van der Waals surface area contributed by atoms with Crippen LogP contribution in [0.4, 0.5) is 4.39 Å². The third-order valence-electron chi connectivity index (χ3n) is 3.21. The Morgan fingerprint density at radius 2 is 2.38 bits per heavy atom. The molecule has 0 saturated carbocycles. The van der Waals surface area contributed by atoms with E-state index in [4.69, 9.17) is 11.6 Å². The predicted octanol–water partition coefficient (Wildman–Crippen LogP) is 3.52. The van der Waals surface area contributed by atoms with Crippen LogP contribution < -0.4 is 5.32 Å². The highest BCUT2D eigenvalue weighted by molar-refractivity contribution is 6.31. The predicted molar refractivity (Wildman–Crippen MR) is 65.7 cm³/mol. The monoisotopic (exact) mass is 241 g/mol. The van der Waals surface area contributed by atoms with Crippen molar-refractivity contribution in [2.24, 2.45) is 5.92 Å². The molecule has 1 fully saturated rings. The number of alkyl halides is 1. The third kappa shape index (κ3) is 2.74. The molecule has 0 amide bonds. The Bertz CT molecular complexity index is 359. The van der Waals surface area contributed by atoms with Crippen molar-refractivity contribution in [1.82, 2.24) is 5.32 Å². The van der Waals surface area contributed by atoms with Gasteiger partial charge in [-0.05, 0) is 56.0 Å². The maximum atomic E-state index is 13.1. The minimum atomic E-state index is -0.945. The molecule has 2 unspecified atom stereocenters. The van der Waals surface area contributed by atoms with Crippen molar-refractivity contribution in [3.05, 3.63) is 34.3 Å². The van der Waals surface area contributed by atoms with E-state index in [-0.39, 0.29) is 0 Å². The van der Waals surface area contributed by atoms with Gasteiger partial charge in [0.2, 0.25) is 0 Å². The topological polar surface area (TPSA) is 12.0 Å². The van der Waals surface area contributed by atoms with Crippen LogP contribution in [0, 0.1) is 5.92 Å². The van der Waals surface area contributed by atoms with Crippen molar-refractivity contribution < 1.29 is 4.39 Å². The third-order valence-corrected chi connectivity index (χ3v) is 3.56. The van der Waals surface area contributed by atoms with Crippen molar-refractivity contribution in [2.75, 3.05) is 13.1 Å². The Labute approximate surface area is 101 Å². The quantitative estimate of drug-likeness (QED) is 0.854. The fourth-order valence-electron chi connectivity index (χ4n) is 2.18. The fraction of sp³-hybridized carbons (Fsp3) is 0.538. The molecule has 0 aromatic heterocycles. The molecule has 1 aliphatic rings. The van der Waals surface area contributed by atoms with E-state index in [9.17, 15) is 4.39 Å². The zero-order valence-electron chi connectivity index (χ0n) is 9.47. The molecule has 1 N–H and O–H groups in total. The second kappa shape index (κ2) is 5.15. The fourth-order valence-corrected chi connectivity index (χ4v) is 2.44. The van der Waals surface area contributed by atoms with Crippen LogP contribution in [0.5, 0.6) is 0 Å². The average molecular weight is 242 g/mol. The molecule has 1 aromatic carbocycles. The molecule has 0 aliphatic carbocycles. The molecule has 88 valence electrons. The van der Waals surface area contributed by atoms with Crippen molar-refractivity contribution >= 4 is 11.6 Å². The molecule has 16 heavy (non-hydrogen) atoms. The van der Waals surface area contributed by atoms with E-state index in [1.54, 1.807) is 6.07 Å². The molecular formula is C13H17ClFN. The second-order valence-electron chi connectivity index (χ2n) is 4.53. The van der Waals surface area contributed by atoms with E-state index in [0.29, 0.717) is 16.5 Å². The molecular weight excluding hydrogens is 225 g/mol. The normalized spacial score (nSPS) is 22.3. The number of halogens is 2. The summed E-state index contributed by atoms with van der Waals surface area (Å²) in [6.45, 7) is 3.70. The molecule has 1 heterocycles. The maximum Gasteiger partial charge on any atom is 0.122 e. The van der Waals surface area contributed by atoms with Gasteiger partial charge in [0, 0.05) is 5.02 Å². The van der Waals surface area contributed by atoms with Gasteiger partial charge in [0.25, 0.3) is 0 Å². The van der Waals surface area contributed by atoms with Gasteiger partial charge >= 0.3 is 0 Å². The molecule has 1 aromatic rings. The largest absolute Gasteiger partial charge is 0.316 e. The van der Waals surface area contributed by atoms with Gasteiger partial charge in [-0.1, -0.05) is 23.7 Å². The standard InChI is InChI=1S/C13H17ClFN/c1-9(15)11-2-3-12(13(14)7-11)6-10-4-5-16-8-10/h2-3,7,9-10,16H,4-6,8H2,1H3. The first kappa shape index (κ1) is 11.9. The Balaban J connectivity index is 2.09. The molecule has 0 bridgehead atoms. The van der Waals surface area contributed by atoms with Gasteiger partial charge < -0.3 is 5.32 Å². The summed E-state index contributed by atoms with van der Waals surface area (Å²) in [4.78, 5) is 0. The molecule has 1 nitrogen and oxygen atoms in total. The Kier molecular flexibility index (Phi) is 3.82. The Morgan fingerprint density at radius 3 is 2.94 bits per heavy atom. The van der Waals surface area contributed by atoms with Crippen LogP contribution in [0.3, 0.4) is 0 Å². The van der Waals surface area contributed by atoms with Crippen molar-refractivity contribution in [1.29, 1.82) is 0 Å². The summed E-state index contributed by atoms with van der Waals surface area (Å²) < 4.78 is 13.1. The summed E-state index contributed by atoms with van der Waals surface area (Å²) in [6.07, 6.45) is 1.25. The first-order chi connectivity index (χ1) is 7.66. The van der Waals surface area contributed by atoms with Gasteiger partial charge in [-0.25, -0.2) is 4.39 Å². The summed E-state index contributed by atoms with van der Waals surface area (Å²) in [5, 5.41) is 4.04. The first-order valence-corrected chi connectivity index (χ1v) is 6.17. The van der Waals surface area contributed by atoms with E-state index >= 15 is 0 Å². The van der Waals surface area contributed by atoms with Crippen LogP contribution in [0.15, 0.2) is 18.2 Å². The zero-order chi connectivity index (χ0) is 11.5. The van der Waals surface area contributed by atoms with Crippen molar-refractivity contribution in [3.8, 4) is 0 Å². The molecule has 0 radical (unpaired) electrons. The zero-order valence-corrected chi connectivity index (χ0v) is 10.2. The van der Waals surface area contributed by atoms with Crippen LogP contribution in [0.25, 0.3) is 0 Å². The van der Waals surface area contributed by atoms with E-state index in [2.05, 4.69) is 5.32 Å². The molecule has 2 rings (SSSR count). The summed E-state index contributed by atoms with van der Waals surface area (Å²) in [5.41, 5.74) is 1.80. The Hall–Kier alpha value is -0.600. The SMILES string of the molecule is CC(F)c1ccc(CC2CCNC2)c(Cl)c1. The molecule has 1 saturated heterocycles. The molecule has 0 spiro atoms. The highest BCUT2D eigenvalue weighted by Gasteiger charge is 2.16. The second-order valence-corrected chi connectivity index (χ2v) is 4.94. The number of rotatable bonds is 3. The van der Waals surface area contributed by atoms with Crippen LogP contribution in [-0.2, 0) is 6.42 Å². The minimum absolute atomic E-state index is 0.665. The lowest BCUT2D eigenvalue weighted by Gasteiger charge is -2.11. The summed E-state index contributed by atoms with van der Waals surface area (Å²) in [5.74, 6) is 0.672. The van der Waals surface area contributed by atoms with Gasteiger partial charge in [0.05, 0.1) is 0 Å². The van der Waals surface area contributed by atoms with Crippen molar-refractivity contribution in [3.63, 3.8) is 0 Å². The lowest BCUT2D eigenvalue weighted by Crippen LogP contribution is -2.11. The lowest BCUT2D eigenvalue weighted by molar-refractivity contribution is 0.374. The number of benzene rings is 1. The first-order valence-electron chi connectivity index (χ1n) is 5.80. The average Bonchev–Trinajstić information content (AvgIpc) is 2.73. The number of hydrogen-bond donors (Lipinski definition) is 1. The van der Waals surface area contributed by atoms with E-state index in [1.807, 2.05) is 12.1 Å². The number of nitrogens with one attached hydrogen (secondary N) is 1. The minimum Gasteiger partial charge on any atom is -0.316 e. The van der Waals surface area contributed by atoms with E-state index in [1.165, 1.54) is 13.3 Å². The highest BCUT2D eigenvalue weighted by Crippen LogP contribution is 2.26. The van der Waals surface area contributed by atoms with Crippen molar-refractivity contribution in [2.45, 2.75) is 25.9 Å². The highest BCUT2D eigenvalue weighted by atomic mass is 35.5. The van der Waals surface area contributed by atoms with Crippen LogP contribution in [0.1, 0.15) is 30.6 Å². The summed E-state index contributed by atoms with van der Waals surface area (Å²) >= 11 is 6.16. The van der Waals surface area contributed by atoms with Gasteiger partial charge in [-0.3, -0.25) is 0 Å². The Morgan fingerprint density at radius 1 is 1.56 bits per heavy atom. The lowest BCUT2D eigenvalue weighted by atomic mass is 9.97. The smallest absolute Gasteiger partial charge is 0.122 e. The molecule has 1 aliphatic heterocycles. The van der Waals surface area contributed by atoms with E-state index in [0.717, 1.165) is 25.1 Å². The van der Waals surface area contributed by atoms with Gasteiger partial charge in [-0.2, -0.15) is 0 Å². The van der Waals surface area contributed by atoms with Crippen LogP contribution in [0.2, 0.25) is 5.02 Å². The summed E-state index contributed by atoms with van der Waals surface area (Å²) in [6, 6.07) is 5.56. The van der Waals surface area contributed by atoms with Gasteiger partial charge in [0.15, 0.2) is 0 Å². The van der Waals surface area contributed by atoms with Gasteiger partial charge in [-0.15, -0.1) is 0 Å². The molecule has 3 heteroatoms. The summed E-state index contributed by atoms with van der Waals surface area (Å²) in [7, 11) is 0. The van der Waals surface area contributed by atoms with Gasteiger partial charge in [0.1, 0.15) is 6.17 Å². The van der Waals surface area contributed by atoms with Crippen LogP contribution in [-0.4, -0.2) is 13.1 Å². The number of hydrogen-bond acceptors (Lipinski definition) is 1. The maximum absolute atomic E-state index is 13.1. The van der Waals surface area contributed by atoms with E-state index < -0.39 is 6.17 Å². The molecule has 2 atom stereocenters.